The number of benzene rings is 1. The van der Waals surface area contributed by atoms with E-state index in [-0.39, 0.29) is 17.8 Å². The number of rotatable bonds is 4. The van der Waals surface area contributed by atoms with Crippen LogP contribution >= 0.6 is 0 Å². The summed E-state index contributed by atoms with van der Waals surface area (Å²) in [4.78, 5) is 14.2. The van der Waals surface area contributed by atoms with Crippen LogP contribution in [0.25, 0.3) is 0 Å². The van der Waals surface area contributed by atoms with E-state index < -0.39 is 0 Å². The molecule has 5 heteroatoms. The van der Waals surface area contributed by atoms with Gasteiger partial charge in [-0.25, -0.2) is 0 Å². The topological polar surface area (TPSA) is 78.9 Å². The normalized spacial score (nSPS) is 19.6. The molecular weight excluding hydrogens is 266 g/mol. The van der Waals surface area contributed by atoms with E-state index in [0.29, 0.717) is 13.0 Å². The third-order valence-corrected chi connectivity index (χ3v) is 3.99. The van der Waals surface area contributed by atoms with E-state index >= 15 is 0 Å². The summed E-state index contributed by atoms with van der Waals surface area (Å²) in [7, 11) is 0. The van der Waals surface area contributed by atoms with Crippen LogP contribution in [0.15, 0.2) is 29.4 Å². The number of likely N-dealkylation sites (tertiary alicyclic amines) is 1. The third-order valence-electron chi connectivity index (χ3n) is 3.99. The van der Waals surface area contributed by atoms with Gasteiger partial charge in [-0.15, -0.1) is 0 Å². The first-order valence-electron chi connectivity index (χ1n) is 7.44. The van der Waals surface area contributed by atoms with Crippen molar-refractivity contribution in [2.75, 3.05) is 6.54 Å². The molecule has 1 aliphatic rings. The Balaban J connectivity index is 1.98. The van der Waals surface area contributed by atoms with Gasteiger partial charge in [-0.05, 0) is 38.2 Å². The first-order chi connectivity index (χ1) is 10.1. The Hall–Kier alpha value is -2.04. The molecule has 1 aromatic carbocycles. The van der Waals surface area contributed by atoms with Crippen molar-refractivity contribution in [3.8, 4) is 0 Å². The van der Waals surface area contributed by atoms with Gasteiger partial charge in [-0.1, -0.05) is 35.0 Å². The van der Waals surface area contributed by atoms with Gasteiger partial charge in [0.1, 0.15) is 0 Å². The van der Waals surface area contributed by atoms with Crippen molar-refractivity contribution in [1.82, 2.24) is 4.90 Å². The molecule has 3 N–H and O–H groups in total. The standard InChI is InChI=1S/C16H23N3O2/c1-12-5-4-6-13(11-12)8-9-15(20)19-10-3-2-7-14(19)16(17)18-21/h4-6,11,14,21H,2-3,7-10H2,1H3,(H2,17,18). The second kappa shape index (κ2) is 7.11. The first-order valence-corrected chi connectivity index (χ1v) is 7.44. The zero-order valence-corrected chi connectivity index (χ0v) is 12.5. The average Bonchev–Trinajstić information content (AvgIpc) is 2.52. The molecular formula is C16H23N3O2. The molecule has 1 amide bonds. The molecule has 5 nitrogen and oxygen atoms in total. The fourth-order valence-electron chi connectivity index (χ4n) is 2.87. The van der Waals surface area contributed by atoms with Gasteiger partial charge in [0.2, 0.25) is 5.91 Å². The first kappa shape index (κ1) is 15.4. The predicted octanol–water partition coefficient (Wildman–Crippen LogP) is 2.06. The number of piperidine rings is 1. The van der Waals surface area contributed by atoms with Crippen molar-refractivity contribution in [3.05, 3.63) is 35.4 Å². The van der Waals surface area contributed by atoms with Crippen LogP contribution in [0.3, 0.4) is 0 Å². The number of nitrogens with two attached hydrogens (primary N) is 1. The molecule has 0 bridgehead atoms. The Bertz CT molecular complexity index is 528. The molecule has 114 valence electrons. The van der Waals surface area contributed by atoms with Crippen molar-refractivity contribution in [2.45, 2.75) is 45.1 Å². The van der Waals surface area contributed by atoms with E-state index in [9.17, 15) is 4.79 Å². The minimum atomic E-state index is -0.256. The van der Waals surface area contributed by atoms with Gasteiger partial charge in [-0.3, -0.25) is 4.79 Å². The Morgan fingerprint density at radius 3 is 3.00 bits per heavy atom. The zero-order valence-electron chi connectivity index (χ0n) is 12.5. The van der Waals surface area contributed by atoms with Gasteiger partial charge in [0.05, 0.1) is 6.04 Å². The molecule has 2 rings (SSSR count). The summed E-state index contributed by atoms with van der Waals surface area (Å²) in [5, 5.41) is 11.9. The summed E-state index contributed by atoms with van der Waals surface area (Å²) in [6.45, 7) is 2.73. The van der Waals surface area contributed by atoms with Crippen LogP contribution < -0.4 is 5.73 Å². The lowest BCUT2D eigenvalue weighted by Gasteiger charge is -2.34. The quantitative estimate of drug-likeness (QED) is 0.385. The highest BCUT2D eigenvalue weighted by molar-refractivity contribution is 5.90. The Morgan fingerprint density at radius 2 is 2.29 bits per heavy atom. The fraction of sp³-hybridized carbons (Fsp3) is 0.500. The minimum absolute atomic E-state index is 0.0767. The molecule has 1 saturated heterocycles. The number of hydrogen-bond donors (Lipinski definition) is 2. The summed E-state index contributed by atoms with van der Waals surface area (Å²) >= 11 is 0. The number of oxime groups is 1. The molecule has 0 aliphatic carbocycles. The molecule has 0 radical (unpaired) electrons. The van der Waals surface area contributed by atoms with Gasteiger partial charge in [0.15, 0.2) is 5.84 Å². The molecule has 1 unspecified atom stereocenters. The molecule has 21 heavy (non-hydrogen) atoms. The molecule has 0 spiro atoms. The molecule has 1 aliphatic heterocycles. The third kappa shape index (κ3) is 3.97. The van der Waals surface area contributed by atoms with Gasteiger partial charge < -0.3 is 15.8 Å². The molecule has 1 heterocycles. The molecule has 1 fully saturated rings. The zero-order chi connectivity index (χ0) is 15.2. The Morgan fingerprint density at radius 1 is 1.48 bits per heavy atom. The number of aryl methyl sites for hydroxylation is 2. The highest BCUT2D eigenvalue weighted by Crippen LogP contribution is 2.19. The lowest BCUT2D eigenvalue weighted by Crippen LogP contribution is -2.50. The Kier molecular flexibility index (Phi) is 5.20. The van der Waals surface area contributed by atoms with E-state index in [1.807, 2.05) is 25.1 Å². The summed E-state index contributed by atoms with van der Waals surface area (Å²) in [6, 6.07) is 7.94. The number of nitrogens with zero attached hydrogens (tertiary/aromatic N) is 2. The van der Waals surface area contributed by atoms with Crippen molar-refractivity contribution in [1.29, 1.82) is 0 Å². The average molecular weight is 289 g/mol. The Labute approximate surface area is 125 Å². The van der Waals surface area contributed by atoms with Crippen LogP contribution in [0.5, 0.6) is 0 Å². The lowest BCUT2D eigenvalue weighted by molar-refractivity contribution is -0.133. The predicted molar refractivity (Wildman–Crippen MR) is 82.3 cm³/mol. The van der Waals surface area contributed by atoms with Crippen molar-refractivity contribution in [2.24, 2.45) is 10.9 Å². The molecule has 0 saturated carbocycles. The maximum atomic E-state index is 12.4. The van der Waals surface area contributed by atoms with Gasteiger partial charge >= 0.3 is 0 Å². The minimum Gasteiger partial charge on any atom is -0.409 e. The monoisotopic (exact) mass is 289 g/mol. The number of hydrogen-bond acceptors (Lipinski definition) is 3. The second-order valence-electron chi connectivity index (χ2n) is 5.61. The van der Waals surface area contributed by atoms with Crippen molar-refractivity contribution in [3.63, 3.8) is 0 Å². The van der Waals surface area contributed by atoms with Crippen LogP contribution in [0.2, 0.25) is 0 Å². The summed E-state index contributed by atoms with van der Waals surface area (Å²) < 4.78 is 0. The smallest absolute Gasteiger partial charge is 0.223 e. The van der Waals surface area contributed by atoms with Crippen LogP contribution in [0.1, 0.15) is 36.8 Å². The number of carbonyl (C=O) groups is 1. The van der Waals surface area contributed by atoms with Crippen LogP contribution in [0.4, 0.5) is 0 Å². The lowest BCUT2D eigenvalue weighted by atomic mass is 9.99. The molecule has 0 aromatic heterocycles. The molecule has 1 atom stereocenters. The van der Waals surface area contributed by atoms with E-state index in [0.717, 1.165) is 25.7 Å². The summed E-state index contributed by atoms with van der Waals surface area (Å²) in [6.07, 6.45) is 3.93. The van der Waals surface area contributed by atoms with E-state index in [4.69, 9.17) is 10.9 Å². The number of amidine groups is 1. The number of carbonyl (C=O) groups excluding carboxylic acids is 1. The van der Waals surface area contributed by atoms with Crippen LogP contribution in [-0.4, -0.2) is 34.4 Å². The van der Waals surface area contributed by atoms with Crippen molar-refractivity contribution < 1.29 is 10.0 Å². The van der Waals surface area contributed by atoms with Gasteiger partial charge in [0.25, 0.3) is 0 Å². The van der Waals surface area contributed by atoms with Crippen LogP contribution in [0, 0.1) is 6.92 Å². The van der Waals surface area contributed by atoms with Gasteiger partial charge in [0, 0.05) is 13.0 Å². The maximum Gasteiger partial charge on any atom is 0.223 e. The highest BCUT2D eigenvalue weighted by Gasteiger charge is 2.29. The largest absolute Gasteiger partial charge is 0.409 e. The van der Waals surface area contributed by atoms with Crippen molar-refractivity contribution >= 4 is 11.7 Å². The second-order valence-corrected chi connectivity index (χ2v) is 5.61. The van der Waals surface area contributed by atoms with Gasteiger partial charge in [-0.2, -0.15) is 0 Å². The SMILES string of the molecule is Cc1cccc(CCC(=O)N2CCCCC2C(N)=NO)c1. The summed E-state index contributed by atoms with van der Waals surface area (Å²) in [5.74, 6) is 0.214. The molecule has 1 aromatic rings. The fourth-order valence-corrected chi connectivity index (χ4v) is 2.87. The van der Waals surface area contributed by atoms with E-state index in [1.54, 1.807) is 4.90 Å². The number of amides is 1. The maximum absolute atomic E-state index is 12.4. The van der Waals surface area contributed by atoms with E-state index in [2.05, 4.69) is 11.2 Å². The van der Waals surface area contributed by atoms with Crippen LogP contribution in [-0.2, 0) is 11.2 Å². The van der Waals surface area contributed by atoms with E-state index in [1.165, 1.54) is 11.1 Å². The highest BCUT2D eigenvalue weighted by atomic mass is 16.4. The summed E-state index contributed by atoms with van der Waals surface area (Å²) in [5.41, 5.74) is 8.08.